The molecule has 178 valence electrons. The van der Waals surface area contributed by atoms with Gasteiger partial charge in [-0.05, 0) is 19.4 Å². The van der Waals surface area contributed by atoms with Crippen LogP contribution in [0.15, 0.2) is 46.1 Å². The van der Waals surface area contributed by atoms with E-state index in [4.69, 9.17) is 10.5 Å². The number of carbonyl (C=O) groups excluding carboxylic acids is 2. The third-order valence-corrected chi connectivity index (χ3v) is 5.53. The molecular formula is C22H29N5O6. The number of ether oxygens (including phenoxy) is 1. The molecule has 33 heavy (non-hydrogen) atoms. The van der Waals surface area contributed by atoms with Gasteiger partial charge in [-0.25, -0.2) is 4.79 Å². The number of nitrogens with one attached hydrogen (secondary N) is 3. The van der Waals surface area contributed by atoms with E-state index in [0.29, 0.717) is 5.56 Å². The van der Waals surface area contributed by atoms with Crippen LogP contribution in [0.4, 0.5) is 0 Å². The zero-order chi connectivity index (χ0) is 24.1. The average Bonchev–Trinajstić information content (AvgIpc) is 3.18. The Labute approximate surface area is 190 Å². The Morgan fingerprint density at radius 2 is 1.97 bits per heavy atom. The van der Waals surface area contributed by atoms with E-state index in [1.165, 1.54) is 17.7 Å². The highest BCUT2D eigenvalue weighted by atomic mass is 16.5. The SMILES string of the molecule is Cc1cn([C@H]2C[C@H](NC(=O)[C@H](Cc3ccccc3)NC(=O)[C@H](C)N)[C@@H](CO)O2)c(=O)[nH]c1=O. The molecule has 11 nitrogen and oxygen atoms in total. The van der Waals surface area contributed by atoms with Crippen molar-refractivity contribution in [1.82, 2.24) is 20.2 Å². The Bertz CT molecular complexity index is 1100. The number of carbonyl (C=O) groups is 2. The van der Waals surface area contributed by atoms with E-state index in [2.05, 4.69) is 15.6 Å². The summed E-state index contributed by atoms with van der Waals surface area (Å²) in [6.45, 7) is 2.68. The zero-order valence-corrected chi connectivity index (χ0v) is 18.5. The number of rotatable bonds is 8. The lowest BCUT2D eigenvalue weighted by Crippen LogP contribution is -2.55. The minimum absolute atomic E-state index is 0.182. The number of aliphatic hydroxyl groups excluding tert-OH is 1. The summed E-state index contributed by atoms with van der Waals surface area (Å²) in [5.41, 5.74) is 5.68. The lowest BCUT2D eigenvalue weighted by atomic mass is 10.0. The summed E-state index contributed by atoms with van der Waals surface area (Å²) >= 11 is 0. The Morgan fingerprint density at radius 1 is 1.27 bits per heavy atom. The minimum Gasteiger partial charge on any atom is -0.394 e. The third kappa shape index (κ3) is 5.95. The van der Waals surface area contributed by atoms with Gasteiger partial charge in [0.05, 0.1) is 18.7 Å². The molecule has 0 saturated carbocycles. The Hall–Kier alpha value is -3.28. The van der Waals surface area contributed by atoms with Crippen molar-refractivity contribution in [3.63, 3.8) is 0 Å². The molecule has 1 aromatic carbocycles. The topological polar surface area (TPSA) is 169 Å². The summed E-state index contributed by atoms with van der Waals surface area (Å²) in [6.07, 6.45) is 0.235. The number of benzene rings is 1. The van der Waals surface area contributed by atoms with Crippen LogP contribution in [0.25, 0.3) is 0 Å². The predicted octanol–water partition coefficient (Wildman–Crippen LogP) is -1.32. The fourth-order valence-electron chi connectivity index (χ4n) is 3.67. The van der Waals surface area contributed by atoms with Gasteiger partial charge < -0.3 is 26.2 Å². The predicted molar refractivity (Wildman–Crippen MR) is 119 cm³/mol. The quantitative estimate of drug-likeness (QED) is 0.326. The molecule has 5 atom stereocenters. The minimum atomic E-state index is -0.901. The molecule has 3 rings (SSSR count). The highest BCUT2D eigenvalue weighted by Gasteiger charge is 2.38. The fraction of sp³-hybridized carbons (Fsp3) is 0.455. The number of aliphatic hydroxyl groups is 1. The summed E-state index contributed by atoms with van der Waals surface area (Å²) in [4.78, 5) is 51.4. The molecule has 0 unspecified atom stereocenters. The molecule has 0 aliphatic carbocycles. The third-order valence-electron chi connectivity index (χ3n) is 5.53. The van der Waals surface area contributed by atoms with Gasteiger partial charge in [0.15, 0.2) is 0 Å². The van der Waals surface area contributed by atoms with Crippen molar-refractivity contribution in [1.29, 1.82) is 0 Å². The van der Waals surface area contributed by atoms with Gasteiger partial charge in [0.2, 0.25) is 11.8 Å². The van der Waals surface area contributed by atoms with Gasteiger partial charge >= 0.3 is 5.69 Å². The highest BCUT2D eigenvalue weighted by molar-refractivity contribution is 5.89. The van der Waals surface area contributed by atoms with Gasteiger partial charge in [0, 0.05) is 24.6 Å². The van der Waals surface area contributed by atoms with E-state index in [-0.39, 0.29) is 12.8 Å². The van der Waals surface area contributed by atoms with E-state index < -0.39 is 60.1 Å². The van der Waals surface area contributed by atoms with Crippen LogP contribution in [-0.2, 0) is 20.7 Å². The van der Waals surface area contributed by atoms with Crippen molar-refractivity contribution in [2.24, 2.45) is 5.73 Å². The first-order valence-electron chi connectivity index (χ1n) is 10.7. The molecule has 0 radical (unpaired) electrons. The van der Waals surface area contributed by atoms with Crippen molar-refractivity contribution in [3.05, 3.63) is 68.5 Å². The summed E-state index contributed by atoms with van der Waals surface area (Å²) in [5.74, 6) is -0.939. The van der Waals surface area contributed by atoms with Crippen LogP contribution < -0.4 is 27.6 Å². The number of H-pyrrole nitrogens is 1. The molecule has 1 fully saturated rings. The lowest BCUT2D eigenvalue weighted by molar-refractivity contribution is -0.130. The van der Waals surface area contributed by atoms with E-state index in [9.17, 15) is 24.3 Å². The molecule has 1 aliphatic rings. The van der Waals surface area contributed by atoms with Crippen molar-refractivity contribution >= 4 is 11.8 Å². The first kappa shape index (κ1) is 24.4. The number of amides is 2. The van der Waals surface area contributed by atoms with Crippen LogP contribution in [-0.4, -0.2) is 57.3 Å². The van der Waals surface area contributed by atoms with Crippen LogP contribution in [0.3, 0.4) is 0 Å². The van der Waals surface area contributed by atoms with Gasteiger partial charge in [-0.15, -0.1) is 0 Å². The molecule has 1 aliphatic heterocycles. The molecule has 1 aromatic heterocycles. The number of aromatic amines is 1. The largest absolute Gasteiger partial charge is 0.394 e. The van der Waals surface area contributed by atoms with Gasteiger partial charge in [0.25, 0.3) is 5.56 Å². The second kappa shape index (κ2) is 10.6. The fourth-order valence-corrected chi connectivity index (χ4v) is 3.67. The van der Waals surface area contributed by atoms with Gasteiger partial charge in [0.1, 0.15) is 18.4 Å². The maximum absolute atomic E-state index is 13.1. The molecule has 1 saturated heterocycles. The zero-order valence-electron chi connectivity index (χ0n) is 18.5. The van der Waals surface area contributed by atoms with Gasteiger partial charge in [-0.1, -0.05) is 30.3 Å². The highest BCUT2D eigenvalue weighted by Crippen LogP contribution is 2.27. The standard InChI is InChI=1S/C22H29N5O6/c1-12-10-27(22(32)26-19(12)29)18-9-15(17(11-28)33-18)24-21(31)16(25-20(30)13(2)23)8-14-6-4-3-5-7-14/h3-7,10,13,15-18,28H,8-9,11,23H2,1-2H3,(H,24,31)(H,25,30)(H,26,29,32)/t13-,15-,16-,17+,18+/m0/s1. The number of aryl methyl sites for hydroxylation is 1. The molecule has 6 N–H and O–H groups in total. The molecule has 2 amide bonds. The van der Waals surface area contributed by atoms with Crippen LogP contribution in [0.2, 0.25) is 0 Å². The molecule has 2 aromatic rings. The second-order valence-electron chi connectivity index (χ2n) is 8.18. The molecule has 11 heteroatoms. The molecular weight excluding hydrogens is 430 g/mol. The van der Waals surface area contributed by atoms with Crippen molar-refractivity contribution in [2.75, 3.05) is 6.61 Å². The Balaban J connectivity index is 1.77. The number of hydrogen-bond acceptors (Lipinski definition) is 7. The van der Waals surface area contributed by atoms with E-state index in [1.54, 1.807) is 6.92 Å². The second-order valence-corrected chi connectivity index (χ2v) is 8.18. The molecule has 2 heterocycles. The molecule has 0 bridgehead atoms. The number of hydrogen-bond donors (Lipinski definition) is 5. The van der Waals surface area contributed by atoms with Crippen molar-refractivity contribution in [3.8, 4) is 0 Å². The first-order chi connectivity index (χ1) is 15.7. The summed E-state index contributed by atoms with van der Waals surface area (Å²) in [6, 6.07) is 6.87. The normalized spacial score (nSPS) is 21.9. The van der Waals surface area contributed by atoms with E-state index in [1.807, 2.05) is 30.3 Å². The summed E-state index contributed by atoms with van der Waals surface area (Å²) < 4.78 is 7.00. The maximum atomic E-state index is 13.1. The van der Waals surface area contributed by atoms with Crippen LogP contribution in [0.5, 0.6) is 0 Å². The van der Waals surface area contributed by atoms with Crippen molar-refractivity contribution < 1.29 is 19.4 Å². The van der Waals surface area contributed by atoms with Crippen molar-refractivity contribution in [2.45, 2.75) is 57.1 Å². The number of nitrogens with two attached hydrogens (primary N) is 1. The van der Waals surface area contributed by atoms with E-state index >= 15 is 0 Å². The summed E-state index contributed by atoms with van der Waals surface area (Å²) in [7, 11) is 0. The number of nitrogens with zero attached hydrogens (tertiary/aromatic N) is 1. The molecule has 0 spiro atoms. The van der Waals surface area contributed by atoms with Crippen LogP contribution in [0.1, 0.15) is 30.7 Å². The monoisotopic (exact) mass is 459 g/mol. The van der Waals surface area contributed by atoms with Gasteiger partial charge in [-0.2, -0.15) is 0 Å². The lowest BCUT2D eigenvalue weighted by Gasteiger charge is -2.23. The summed E-state index contributed by atoms with van der Waals surface area (Å²) in [5, 5.41) is 15.3. The van der Waals surface area contributed by atoms with Gasteiger partial charge in [-0.3, -0.25) is 23.9 Å². The smallest absolute Gasteiger partial charge is 0.330 e. The maximum Gasteiger partial charge on any atom is 0.330 e. The van der Waals surface area contributed by atoms with E-state index in [0.717, 1.165) is 5.56 Å². The Morgan fingerprint density at radius 3 is 2.61 bits per heavy atom. The van der Waals surface area contributed by atoms with Crippen LogP contribution >= 0.6 is 0 Å². The average molecular weight is 460 g/mol. The first-order valence-corrected chi connectivity index (χ1v) is 10.7. The van der Waals surface area contributed by atoms with Crippen LogP contribution in [0, 0.1) is 6.92 Å². The Kier molecular flexibility index (Phi) is 7.79. The number of aromatic nitrogens is 2.